The smallest absolute Gasteiger partial charge is 0.293 e. The van der Waals surface area contributed by atoms with Crippen molar-refractivity contribution in [3.63, 3.8) is 0 Å². The van der Waals surface area contributed by atoms with Crippen LogP contribution in [-0.2, 0) is 17.1 Å². The van der Waals surface area contributed by atoms with Gasteiger partial charge in [0.15, 0.2) is 5.65 Å². The maximum atomic E-state index is 13.3. The minimum atomic E-state index is -3.84. The summed E-state index contributed by atoms with van der Waals surface area (Å²) in [5, 5.41) is 0.651. The van der Waals surface area contributed by atoms with E-state index in [9.17, 15) is 13.2 Å². The normalized spacial score (nSPS) is 13.5. The van der Waals surface area contributed by atoms with E-state index in [-0.39, 0.29) is 16.6 Å². The lowest BCUT2D eigenvalue weighted by molar-refractivity contribution is 0.510. The van der Waals surface area contributed by atoms with Crippen molar-refractivity contribution in [1.82, 2.24) is 18.1 Å². The summed E-state index contributed by atoms with van der Waals surface area (Å²) in [5.74, 6) is 0. The third kappa shape index (κ3) is 5.11. The lowest BCUT2D eigenvalue weighted by Crippen LogP contribution is -2.24. The van der Waals surface area contributed by atoms with E-state index < -0.39 is 10.0 Å². The fourth-order valence-electron chi connectivity index (χ4n) is 4.36. The lowest BCUT2D eigenvalue weighted by Gasteiger charge is -2.12. The molecule has 0 atom stereocenters. The Morgan fingerprint density at radius 3 is 2.11 bits per heavy atom. The number of imidazole rings is 1. The van der Waals surface area contributed by atoms with Crippen molar-refractivity contribution in [3.8, 4) is 0 Å². The van der Waals surface area contributed by atoms with Gasteiger partial charge in [-0.05, 0) is 47.0 Å². The number of pyridine rings is 1. The zero-order valence-electron chi connectivity index (χ0n) is 21.7. The van der Waals surface area contributed by atoms with Crippen molar-refractivity contribution in [2.75, 3.05) is 0 Å². The van der Waals surface area contributed by atoms with Crippen molar-refractivity contribution in [1.29, 1.82) is 0 Å². The summed E-state index contributed by atoms with van der Waals surface area (Å²) >= 11 is 3.41. The van der Waals surface area contributed by atoms with E-state index in [1.54, 1.807) is 54.2 Å². The maximum Gasteiger partial charge on any atom is 0.329 e. The summed E-state index contributed by atoms with van der Waals surface area (Å²) in [6.07, 6.45) is 5.68. The van der Waals surface area contributed by atoms with E-state index in [1.165, 1.54) is 3.97 Å². The Morgan fingerprint density at radius 2 is 1.54 bits per heavy atom. The average Bonchev–Trinajstić information content (AvgIpc) is 3.61. The van der Waals surface area contributed by atoms with Gasteiger partial charge in [-0.1, -0.05) is 72.6 Å². The topological polar surface area (TPSA) is 78.9 Å². The quantitative estimate of drug-likeness (QED) is 0.271. The Balaban J connectivity index is 0.000000671. The summed E-state index contributed by atoms with van der Waals surface area (Å²) in [4.78, 5) is 17.6. The second-order valence-electron chi connectivity index (χ2n) is 7.43. The molecule has 0 bridgehead atoms. The van der Waals surface area contributed by atoms with Crippen LogP contribution in [0.3, 0.4) is 0 Å². The van der Waals surface area contributed by atoms with Crippen molar-refractivity contribution >= 4 is 48.0 Å². The van der Waals surface area contributed by atoms with Crippen LogP contribution in [0, 0.1) is 0 Å². The molecule has 1 aromatic carbocycles. The fraction of sp³-hybridized carbons (Fsp3) is 0.462. The molecule has 4 aromatic rings. The van der Waals surface area contributed by atoms with Gasteiger partial charge >= 0.3 is 5.69 Å². The molecule has 0 amide bonds. The number of hydrogen-bond donors (Lipinski definition) is 0. The lowest BCUT2D eigenvalue weighted by atomic mass is 10.2. The van der Waals surface area contributed by atoms with Crippen molar-refractivity contribution in [2.45, 2.75) is 78.2 Å². The standard InChI is InChI=1S/C20H19BrN4O3S.3C2H6/c1-23-16-12-22-19-15(18(16)24(20(23)26)13-7-5-6-8-13)11-17(21)25(19)29(27,28)14-9-3-2-4-10-14;3*1-2/h2-4,9-13H,5-8H2,1H3;3*1-2H3. The Hall–Kier alpha value is -2.39. The van der Waals surface area contributed by atoms with Gasteiger partial charge < -0.3 is 0 Å². The summed E-state index contributed by atoms with van der Waals surface area (Å²) in [6.45, 7) is 12.0. The molecule has 0 radical (unpaired) electrons. The van der Waals surface area contributed by atoms with Gasteiger partial charge in [0.1, 0.15) is 4.60 Å². The third-order valence-corrected chi connectivity index (χ3v) is 8.30. The molecule has 7 nitrogen and oxygen atoms in total. The number of rotatable bonds is 3. The zero-order chi connectivity index (χ0) is 26.3. The van der Waals surface area contributed by atoms with Crippen LogP contribution in [0.5, 0.6) is 0 Å². The Morgan fingerprint density at radius 1 is 0.971 bits per heavy atom. The first kappa shape index (κ1) is 28.8. The molecule has 3 heterocycles. The van der Waals surface area contributed by atoms with Gasteiger partial charge in [-0.15, -0.1) is 0 Å². The summed E-state index contributed by atoms with van der Waals surface area (Å²) < 4.78 is 31.6. The predicted molar refractivity (Wildman–Crippen MR) is 149 cm³/mol. The molecule has 3 aromatic heterocycles. The molecular weight excluding hydrogens is 528 g/mol. The molecule has 0 N–H and O–H groups in total. The number of aromatic nitrogens is 4. The molecule has 0 spiro atoms. The molecule has 192 valence electrons. The first-order valence-corrected chi connectivity index (χ1v) is 14.7. The Kier molecular flexibility index (Phi) is 10.3. The number of fused-ring (bicyclic) bond motifs is 3. The van der Waals surface area contributed by atoms with Gasteiger partial charge in [0, 0.05) is 18.5 Å². The van der Waals surface area contributed by atoms with Crippen LogP contribution in [0.2, 0.25) is 0 Å². The highest BCUT2D eigenvalue weighted by atomic mass is 79.9. The summed E-state index contributed by atoms with van der Waals surface area (Å²) in [5.41, 5.74) is 1.68. The molecule has 0 saturated heterocycles. The zero-order valence-corrected chi connectivity index (χ0v) is 24.1. The van der Waals surface area contributed by atoms with Crippen LogP contribution in [0.25, 0.3) is 22.1 Å². The van der Waals surface area contributed by atoms with Gasteiger partial charge in [0.05, 0.1) is 22.1 Å². The van der Waals surface area contributed by atoms with Crippen LogP contribution >= 0.6 is 15.9 Å². The average molecular weight is 566 g/mol. The molecular formula is C26H37BrN4O3S. The molecule has 35 heavy (non-hydrogen) atoms. The van der Waals surface area contributed by atoms with Gasteiger partial charge in [0.2, 0.25) is 0 Å². The molecule has 1 aliphatic carbocycles. The number of hydrogen-bond acceptors (Lipinski definition) is 4. The molecule has 0 unspecified atom stereocenters. The van der Waals surface area contributed by atoms with Crippen LogP contribution in [0.1, 0.15) is 73.3 Å². The van der Waals surface area contributed by atoms with Gasteiger partial charge in [-0.25, -0.2) is 22.2 Å². The number of benzene rings is 1. The van der Waals surface area contributed by atoms with Gasteiger partial charge in [-0.3, -0.25) is 9.13 Å². The van der Waals surface area contributed by atoms with E-state index in [2.05, 4.69) is 20.9 Å². The fourth-order valence-corrected chi connectivity index (χ4v) is 6.69. The summed E-state index contributed by atoms with van der Waals surface area (Å²) in [6, 6.07) is 10.1. The van der Waals surface area contributed by atoms with Crippen LogP contribution < -0.4 is 5.69 Å². The highest BCUT2D eigenvalue weighted by Gasteiger charge is 2.28. The highest BCUT2D eigenvalue weighted by molar-refractivity contribution is 9.10. The van der Waals surface area contributed by atoms with E-state index >= 15 is 0 Å². The van der Waals surface area contributed by atoms with E-state index in [4.69, 9.17) is 0 Å². The molecule has 0 aliphatic heterocycles. The van der Waals surface area contributed by atoms with Crippen molar-refractivity contribution in [2.24, 2.45) is 7.05 Å². The molecule has 1 saturated carbocycles. The largest absolute Gasteiger partial charge is 0.329 e. The van der Waals surface area contributed by atoms with E-state index in [1.807, 2.05) is 46.1 Å². The van der Waals surface area contributed by atoms with Crippen molar-refractivity contribution < 1.29 is 8.42 Å². The second kappa shape index (κ2) is 12.5. The number of nitrogens with zero attached hydrogens (tertiary/aromatic N) is 4. The van der Waals surface area contributed by atoms with E-state index in [0.29, 0.717) is 21.2 Å². The van der Waals surface area contributed by atoms with E-state index in [0.717, 1.165) is 31.2 Å². The molecule has 1 aliphatic rings. The SMILES string of the molecule is CC.CC.CC.Cn1c(=O)n(C2CCCC2)c2c3cc(Br)n(S(=O)(=O)c4ccccc4)c3ncc21. The first-order valence-electron chi connectivity index (χ1n) is 12.5. The molecule has 1 fully saturated rings. The second-order valence-corrected chi connectivity index (χ2v) is 10.0. The number of aryl methyl sites for hydroxylation is 1. The van der Waals surface area contributed by atoms with Crippen LogP contribution in [0.4, 0.5) is 0 Å². The predicted octanol–water partition coefficient (Wildman–Crippen LogP) is 6.88. The van der Waals surface area contributed by atoms with Gasteiger partial charge in [-0.2, -0.15) is 0 Å². The van der Waals surface area contributed by atoms with Crippen molar-refractivity contribution in [3.05, 3.63) is 57.7 Å². The third-order valence-electron chi connectivity index (χ3n) is 5.76. The van der Waals surface area contributed by atoms with Gasteiger partial charge in [0.25, 0.3) is 10.0 Å². The van der Waals surface area contributed by atoms with Crippen LogP contribution in [0.15, 0.2) is 56.9 Å². The summed E-state index contributed by atoms with van der Waals surface area (Å²) in [7, 11) is -2.11. The Labute approximate surface area is 217 Å². The number of halogens is 1. The maximum absolute atomic E-state index is 13.3. The minimum absolute atomic E-state index is 0.0870. The highest BCUT2D eigenvalue weighted by Crippen LogP contribution is 2.36. The Bertz CT molecular complexity index is 1410. The molecule has 5 rings (SSSR count). The van der Waals surface area contributed by atoms with Crippen LogP contribution in [-0.4, -0.2) is 26.5 Å². The molecule has 9 heteroatoms. The monoisotopic (exact) mass is 564 g/mol. The minimum Gasteiger partial charge on any atom is -0.293 e. The first-order chi connectivity index (χ1) is 16.9.